The van der Waals surface area contributed by atoms with Crippen LogP contribution < -0.4 is 16.6 Å². The number of nitrogens with two attached hydrogens (primary N) is 1. The van der Waals surface area contributed by atoms with Gasteiger partial charge in [0.05, 0.1) is 16.7 Å². The van der Waals surface area contributed by atoms with Gasteiger partial charge < -0.3 is 5.32 Å². The van der Waals surface area contributed by atoms with E-state index in [1.807, 2.05) is 36.4 Å². The SMILES string of the molecule is NNC(=O)CSC1=NC(c2cccc([N+](=O)[O-])c2)C=C(c2ccccc2)N1. The second-order valence-electron chi connectivity index (χ2n) is 5.66. The molecular formula is C18H17N5O3S. The zero-order valence-corrected chi connectivity index (χ0v) is 15.0. The summed E-state index contributed by atoms with van der Waals surface area (Å²) in [6.45, 7) is 0. The van der Waals surface area contributed by atoms with E-state index in [0.29, 0.717) is 10.7 Å². The minimum Gasteiger partial charge on any atom is -0.335 e. The van der Waals surface area contributed by atoms with E-state index in [1.54, 1.807) is 12.1 Å². The van der Waals surface area contributed by atoms with Crippen LogP contribution in [0.15, 0.2) is 65.7 Å². The number of rotatable bonds is 5. The van der Waals surface area contributed by atoms with E-state index in [1.165, 1.54) is 23.9 Å². The number of carbonyl (C=O) groups excluding carboxylic acids is 1. The van der Waals surface area contributed by atoms with Crippen LogP contribution in [0.2, 0.25) is 0 Å². The van der Waals surface area contributed by atoms with E-state index >= 15 is 0 Å². The largest absolute Gasteiger partial charge is 0.335 e. The number of thioether (sulfide) groups is 1. The molecule has 4 N–H and O–H groups in total. The molecule has 1 atom stereocenters. The maximum Gasteiger partial charge on any atom is 0.269 e. The molecule has 0 saturated heterocycles. The van der Waals surface area contributed by atoms with Crippen LogP contribution in [0, 0.1) is 10.1 Å². The molecule has 27 heavy (non-hydrogen) atoms. The predicted octanol–water partition coefficient (Wildman–Crippen LogP) is 2.36. The normalized spacial score (nSPS) is 16.0. The van der Waals surface area contributed by atoms with Crippen LogP contribution in [-0.4, -0.2) is 21.8 Å². The summed E-state index contributed by atoms with van der Waals surface area (Å²) in [4.78, 5) is 26.7. The molecule has 1 aliphatic rings. The molecule has 1 aliphatic heterocycles. The van der Waals surface area contributed by atoms with Crippen LogP contribution in [0.5, 0.6) is 0 Å². The summed E-state index contributed by atoms with van der Waals surface area (Å²) in [5, 5.41) is 14.8. The summed E-state index contributed by atoms with van der Waals surface area (Å²) < 4.78 is 0. The van der Waals surface area contributed by atoms with E-state index in [2.05, 4.69) is 15.7 Å². The highest BCUT2D eigenvalue weighted by molar-refractivity contribution is 8.14. The summed E-state index contributed by atoms with van der Waals surface area (Å²) in [6, 6.07) is 15.6. The van der Waals surface area contributed by atoms with Crippen molar-refractivity contribution < 1.29 is 9.72 Å². The lowest BCUT2D eigenvalue weighted by atomic mass is 10.0. The molecule has 1 unspecified atom stereocenters. The van der Waals surface area contributed by atoms with E-state index in [0.717, 1.165) is 11.3 Å². The summed E-state index contributed by atoms with van der Waals surface area (Å²) in [6.07, 6.45) is 1.90. The Morgan fingerprint density at radius 1 is 1.26 bits per heavy atom. The Morgan fingerprint density at radius 2 is 2.04 bits per heavy atom. The minimum atomic E-state index is -0.433. The van der Waals surface area contributed by atoms with Gasteiger partial charge in [-0.05, 0) is 17.2 Å². The molecule has 2 aromatic carbocycles. The molecule has 1 heterocycles. The van der Waals surface area contributed by atoms with Crippen molar-refractivity contribution >= 4 is 34.2 Å². The highest BCUT2D eigenvalue weighted by Crippen LogP contribution is 2.30. The number of carbonyl (C=O) groups is 1. The second kappa shape index (κ2) is 8.47. The van der Waals surface area contributed by atoms with E-state index < -0.39 is 11.0 Å². The van der Waals surface area contributed by atoms with E-state index in [4.69, 9.17) is 5.84 Å². The number of nitrogens with one attached hydrogen (secondary N) is 2. The average Bonchev–Trinajstić information content (AvgIpc) is 2.72. The van der Waals surface area contributed by atoms with Crippen molar-refractivity contribution in [2.75, 3.05) is 5.75 Å². The summed E-state index contributed by atoms with van der Waals surface area (Å²) >= 11 is 1.21. The lowest BCUT2D eigenvalue weighted by Crippen LogP contribution is -2.33. The number of benzene rings is 2. The third kappa shape index (κ3) is 4.72. The van der Waals surface area contributed by atoms with Crippen molar-refractivity contribution in [3.63, 3.8) is 0 Å². The Labute approximate surface area is 159 Å². The molecule has 0 spiro atoms. The fourth-order valence-corrected chi connectivity index (χ4v) is 3.26. The molecule has 2 aromatic rings. The fourth-order valence-electron chi connectivity index (χ4n) is 2.54. The first kappa shape index (κ1) is 18.6. The van der Waals surface area contributed by atoms with Gasteiger partial charge in [-0.1, -0.05) is 54.2 Å². The molecule has 1 amide bonds. The molecule has 9 heteroatoms. The van der Waals surface area contributed by atoms with Gasteiger partial charge in [0.1, 0.15) is 0 Å². The number of non-ortho nitro benzene ring substituents is 1. The smallest absolute Gasteiger partial charge is 0.269 e. The highest BCUT2D eigenvalue weighted by Gasteiger charge is 2.20. The van der Waals surface area contributed by atoms with Crippen LogP contribution in [0.25, 0.3) is 5.70 Å². The molecular weight excluding hydrogens is 366 g/mol. The summed E-state index contributed by atoms with van der Waals surface area (Å²) in [5.74, 6) is 4.90. The fraction of sp³-hybridized carbons (Fsp3) is 0.111. The van der Waals surface area contributed by atoms with Crippen LogP contribution in [0.1, 0.15) is 17.2 Å². The van der Waals surface area contributed by atoms with Crippen LogP contribution >= 0.6 is 11.8 Å². The molecule has 3 rings (SSSR count). The van der Waals surface area contributed by atoms with Gasteiger partial charge in [0.2, 0.25) is 5.91 Å². The Hall–Kier alpha value is -3.17. The van der Waals surface area contributed by atoms with Gasteiger partial charge >= 0.3 is 0 Å². The number of nitro benzene ring substituents is 1. The summed E-state index contributed by atoms with van der Waals surface area (Å²) in [7, 11) is 0. The number of hydrogen-bond acceptors (Lipinski definition) is 7. The van der Waals surface area contributed by atoms with Crippen LogP contribution in [-0.2, 0) is 4.79 Å². The molecule has 0 fully saturated rings. The Balaban J connectivity index is 1.94. The Kier molecular flexibility index (Phi) is 5.84. The highest BCUT2D eigenvalue weighted by atomic mass is 32.2. The first-order valence-corrected chi connectivity index (χ1v) is 9.04. The van der Waals surface area contributed by atoms with Crippen molar-refractivity contribution in [2.45, 2.75) is 6.04 Å². The van der Waals surface area contributed by atoms with Gasteiger partial charge in [0.15, 0.2) is 5.17 Å². The second-order valence-corrected chi connectivity index (χ2v) is 6.62. The zero-order chi connectivity index (χ0) is 19.2. The van der Waals surface area contributed by atoms with Crippen molar-refractivity contribution in [3.8, 4) is 0 Å². The third-order valence-corrected chi connectivity index (χ3v) is 4.72. The van der Waals surface area contributed by atoms with Gasteiger partial charge in [0, 0.05) is 17.8 Å². The summed E-state index contributed by atoms with van der Waals surface area (Å²) in [5.41, 5.74) is 4.55. The van der Waals surface area contributed by atoms with Crippen molar-refractivity contribution in [3.05, 3.63) is 81.9 Å². The molecule has 0 bridgehead atoms. The quantitative estimate of drug-likeness (QED) is 0.315. The third-order valence-electron chi connectivity index (χ3n) is 3.83. The van der Waals surface area contributed by atoms with Gasteiger partial charge in [-0.2, -0.15) is 0 Å². The van der Waals surface area contributed by atoms with Crippen molar-refractivity contribution in [1.29, 1.82) is 0 Å². The maximum absolute atomic E-state index is 11.4. The Bertz CT molecular complexity index is 914. The van der Waals surface area contributed by atoms with Gasteiger partial charge in [-0.15, -0.1) is 0 Å². The molecule has 0 radical (unpaired) electrons. The molecule has 8 nitrogen and oxygen atoms in total. The van der Waals surface area contributed by atoms with Gasteiger partial charge in [-0.3, -0.25) is 20.3 Å². The molecule has 0 saturated carbocycles. The van der Waals surface area contributed by atoms with Crippen LogP contribution in [0.3, 0.4) is 0 Å². The van der Waals surface area contributed by atoms with E-state index in [9.17, 15) is 14.9 Å². The number of nitro groups is 1. The number of nitrogens with zero attached hydrogens (tertiary/aromatic N) is 2. The number of amides is 1. The topological polar surface area (TPSA) is 123 Å². The standard InChI is InChI=1S/C18H17N5O3S/c19-22-17(24)11-27-18-20-15(12-5-2-1-3-6-12)10-16(21-18)13-7-4-8-14(9-13)23(25)26/h1-10,16H,11,19H2,(H,20,21)(H,22,24). The predicted molar refractivity (Wildman–Crippen MR) is 106 cm³/mol. The minimum absolute atomic E-state index is 0.00704. The van der Waals surface area contributed by atoms with Crippen LogP contribution in [0.4, 0.5) is 5.69 Å². The van der Waals surface area contributed by atoms with E-state index in [-0.39, 0.29) is 17.3 Å². The molecule has 138 valence electrons. The molecule has 0 aliphatic carbocycles. The van der Waals surface area contributed by atoms with Gasteiger partial charge in [0.25, 0.3) is 5.69 Å². The number of amidine groups is 1. The van der Waals surface area contributed by atoms with Crippen molar-refractivity contribution in [2.24, 2.45) is 10.8 Å². The van der Waals surface area contributed by atoms with Crippen molar-refractivity contribution in [1.82, 2.24) is 10.7 Å². The maximum atomic E-state index is 11.4. The lowest BCUT2D eigenvalue weighted by molar-refractivity contribution is -0.384. The first-order chi connectivity index (χ1) is 13.1. The first-order valence-electron chi connectivity index (χ1n) is 8.05. The Morgan fingerprint density at radius 3 is 2.74 bits per heavy atom. The van der Waals surface area contributed by atoms with Gasteiger partial charge in [-0.25, -0.2) is 10.8 Å². The number of aliphatic imine (C=N–C) groups is 1. The lowest BCUT2D eigenvalue weighted by Gasteiger charge is -2.22. The zero-order valence-electron chi connectivity index (χ0n) is 14.2. The number of hydrogen-bond donors (Lipinski definition) is 3. The average molecular weight is 383 g/mol. The number of hydrazine groups is 1. The monoisotopic (exact) mass is 383 g/mol. The molecule has 0 aromatic heterocycles.